The molecule has 0 spiro atoms. The van der Waals surface area contributed by atoms with Gasteiger partial charge in [-0.1, -0.05) is 47.8 Å². The minimum Gasteiger partial charge on any atom is -0.484 e. The van der Waals surface area contributed by atoms with Gasteiger partial charge in [0.2, 0.25) is 5.91 Å². The molecule has 2 rings (SSSR count). The molecule has 1 N–H and O–H groups in total. The Morgan fingerprint density at radius 1 is 1.07 bits per heavy atom. The molecular weight excluding hydrogens is 423 g/mol. The topological polar surface area (TPSA) is 58.6 Å². The molecule has 0 fully saturated rings. The quantitative estimate of drug-likeness (QED) is 0.650. The van der Waals surface area contributed by atoms with Crippen LogP contribution in [0.2, 0.25) is 15.1 Å². The summed E-state index contributed by atoms with van der Waals surface area (Å²) in [4.78, 5) is 26.7. The molecule has 2 aromatic carbocycles. The smallest absolute Gasteiger partial charge is 0.261 e. The van der Waals surface area contributed by atoms with E-state index in [1.165, 1.54) is 11.9 Å². The fourth-order valence-electron chi connectivity index (χ4n) is 2.70. The van der Waals surface area contributed by atoms with Gasteiger partial charge in [-0.05, 0) is 42.8 Å². The van der Waals surface area contributed by atoms with Crippen LogP contribution in [0, 0.1) is 0 Å². The minimum absolute atomic E-state index is 0.0905. The first-order chi connectivity index (χ1) is 13.4. The Balaban J connectivity index is 2.24. The van der Waals surface area contributed by atoms with E-state index < -0.39 is 6.04 Å². The number of nitrogens with zero attached hydrogens (tertiary/aromatic N) is 1. The van der Waals surface area contributed by atoms with Crippen LogP contribution in [0.1, 0.15) is 18.9 Å². The Hall–Kier alpha value is -1.95. The van der Waals surface area contributed by atoms with Gasteiger partial charge in [0, 0.05) is 34.2 Å². The number of carbonyl (C=O) groups is 2. The maximum absolute atomic E-state index is 12.9. The van der Waals surface area contributed by atoms with Gasteiger partial charge in [0.25, 0.3) is 5.91 Å². The summed E-state index contributed by atoms with van der Waals surface area (Å²) < 4.78 is 5.56. The van der Waals surface area contributed by atoms with Gasteiger partial charge in [-0.2, -0.15) is 0 Å². The van der Waals surface area contributed by atoms with Gasteiger partial charge in [-0.15, -0.1) is 0 Å². The molecule has 1 atom stereocenters. The normalized spacial score (nSPS) is 11.6. The van der Waals surface area contributed by atoms with Crippen molar-refractivity contribution in [3.63, 3.8) is 0 Å². The molecule has 2 amide bonds. The summed E-state index contributed by atoms with van der Waals surface area (Å²) in [5.74, 6) is -0.131. The summed E-state index contributed by atoms with van der Waals surface area (Å²) in [5, 5.41) is 4.01. The third-order valence-corrected chi connectivity index (χ3v) is 5.16. The van der Waals surface area contributed by atoms with Crippen LogP contribution in [0.5, 0.6) is 5.75 Å². The van der Waals surface area contributed by atoms with E-state index in [0.29, 0.717) is 32.8 Å². The predicted octanol–water partition coefficient (Wildman–Crippen LogP) is 4.58. The number of hydrogen-bond acceptors (Lipinski definition) is 3. The first-order valence-corrected chi connectivity index (χ1v) is 9.83. The second-order valence-corrected chi connectivity index (χ2v) is 7.25. The molecule has 0 aliphatic rings. The SMILES string of the molecule is CC[C@@H](C(=O)NC)N(Cc1c(Cl)cccc1Cl)C(=O)COc1ccc(Cl)cc1. The van der Waals surface area contributed by atoms with Crippen LogP contribution in [0.25, 0.3) is 0 Å². The molecule has 5 nitrogen and oxygen atoms in total. The molecular formula is C20H21Cl3N2O3. The molecule has 0 heterocycles. The Morgan fingerprint density at radius 2 is 1.68 bits per heavy atom. The lowest BCUT2D eigenvalue weighted by Gasteiger charge is -2.30. The first kappa shape index (κ1) is 22.3. The van der Waals surface area contributed by atoms with Crippen molar-refractivity contribution in [3.8, 4) is 5.75 Å². The Bertz CT molecular complexity index is 808. The molecule has 0 unspecified atom stereocenters. The molecule has 28 heavy (non-hydrogen) atoms. The molecule has 0 aromatic heterocycles. The van der Waals surface area contributed by atoms with Crippen LogP contribution >= 0.6 is 34.8 Å². The maximum Gasteiger partial charge on any atom is 0.261 e. The molecule has 0 aliphatic carbocycles. The number of carbonyl (C=O) groups excluding carboxylic acids is 2. The molecule has 2 aromatic rings. The van der Waals surface area contributed by atoms with Gasteiger partial charge in [0.1, 0.15) is 11.8 Å². The largest absolute Gasteiger partial charge is 0.484 e. The number of hydrogen-bond donors (Lipinski definition) is 1. The molecule has 0 bridgehead atoms. The summed E-state index contributed by atoms with van der Waals surface area (Å²) in [6.45, 7) is 1.68. The lowest BCUT2D eigenvalue weighted by molar-refractivity contribution is -0.142. The van der Waals surface area contributed by atoms with Crippen molar-refractivity contribution < 1.29 is 14.3 Å². The molecule has 0 aliphatic heterocycles. The minimum atomic E-state index is -0.682. The molecule has 0 saturated heterocycles. The monoisotopic (exact) mass is 442 g/mol. The summed E-state index contributed by atoms with van der Waals surface area (Å²) in [5.41, 5.74) is 0.577. The van der Waals surface area contributed by atoms with Gasteiger partial charge in [0.15, 0.2) is 6.61 Å². The summed E-state index contributed by atoms with van der Waals surface area (Å²) in [6.07, 6.45) is 0.425. The zero-order valence-corrected chi connectivity index (χ0v) is 17.8. The van der Waals surface area contributed by atoms with Crippen molar-refractivity contribution in [2.24, 2.45) is 0 Å². The second kappa shape index (κ2) is 10.6. The summed E-state index contributed by atoms with van der Waals surface area (Å²) >= 11 is 18.4. The van der Waals surface area contributed by atoms with E-state index in [0.717, 1.165) is 0 Å². The number of amides is 2. The fraction of sp³-hybridized carbons (Fsp3) is 0.300. The highest BCUT2D eigenvalue weighted by atomic mass is 35.5. The third-order valence-electron chi connectivity index (χ3n) is 4.20. The van der Waals surface area contributed by atoms with Gasteiger partial charge in [-0.3, -0.25) is 9.59 Å². The predicted molar refractivity (Wildman–Crippen MR) is 112 cm³/mol. The van der Waals surface area contributed by atoms with Crippen molar-refractivity contribution in [1.29, 1.82) is 0 Å². The van der Waals surface area contributed by atoms with Crippen LogP contribution in [-0.2, 0) is 16.1 Å². The third kappa shape index (κ3) is 5.77. The highest BCUT2D eigenvalue weighted by Gasteiger charge is 2.29. The zero-order chi connectivity index (χ0) is 20.7. The molecule has 8 heteroatoms. The van der Waals surface area contributed by atoms with Gasteiger partial charge in [0.05, 0.1) is 0 Å². The average Bonchev–Trinajstić information content (AvgIpc) is 2.69. The Labute approximate surface area is 179 Å². The lowest BCUT2D eigenvalue weighted by Crippen LogP contribution is -2.49. The number of benzene rings is 2. The van der Waals surface area contributed by atoms with E-state index in [9.17, 15) is 9.59 Å². The number of ether oxygens (including phenoxy) is 1. The second-order valence-electron chi connectivity index (χ2n) is 6.00. The van der Waals surface area contributed by atoms with Crippen molar-refractivity contribution in [2.45, 2.75) is 25.9 Å². The maximum atomic E-state index is 12.9. The van der Waals surface area contributed by atoms with Crippen LogP contribution in [-0.4, -0.2) is 36.4 Å². The highest BCUT2D eigenvalue weighted by molar-refractivity contribution is 6.36. The number of halogens is 3. The zero-order valence-electron chi connectivity index (χ0n) is 15.5. The van der Waals surface area contributed by atoms with Crippen molar-refractivity contribution in [3.05, 3.63) is 63.1 Å². The van der Waals surface area contributed by atoms with E-state index >= 15 is 0 Å². The number of rotatable bonds is 8. The van der Waals surface area contributed by atoms with E-state index in [1.807, 2.05) is 6.92 Å². The van der Waals surface area contributed by atoms with E-state index in [1.54, 1.807) is 42.5 Å². The van der Waals surface area contributed by atoms with Crippen molar-refractivity contribution in [1.82, 2.24) is 10.2 Å². The lowest BCUT2D eigenvalue weighted by atomic mass is 10.1. The standard InChI is InChI=1S/C20H21Cl3N2O3/c1-3-18(20(27)24-2)25(11-15-16(22)5-4-6-17(15)23)19(26)12-28-14-9-7-13(21)8-10-14/h4-10,18H,3,11-12H2,1-2H3,(H,24,27)/t18-/m0/s1. The van der Waals surface area contributed by atoms with Gasteiger partial charge in [-0.25, -0.2) is 0 Å². The van der Waals surface area contributed by atoms with Crippen molar-refractivity contribution >= 4 is 46.6 Å². The number of likely N-dealkylation sites (N-methyl/N-ethyl adjacent to an activating group) is 1. The van der Waals surface area contributed by atoms with Crippen LogP contribution in [0.4, 0.5) is 0 Å². The van der Waals surface area contributed by atoms with Gasteiger partial charge >= 0.3 is 0 Å². The molecule has 0 saturated carbocycles. The number of nitrogens with one attached hydrogen (secondary N) is 1. The summed E-state index contributed by atoms with van der Waals surface area (Å²) in [6, 6.07) is 11.1. The Morgan fingerprint density at radius 3 is 2.21 bits per heavy atom. The van der Waals surface area contributed by atoms with E-state index in [2.05, 4.69) is 5.32 Å². The van der Waals surface area contributed by atoms with Gasteiger partial charge < -0.3 is 15.0 Å². The van der Waals surface area contributed by atoms with Crippen LogP contribution in [0.3, 0.4) is 0 Å². The molecule has 0 radical (unpaired) electrons. The van der Waals surface area contributed by atoms with E-state index in [4.69, 9.17) is 39.5 Å². The first-order valence-electron chi connectivity index (χ1n) is 8.69. The highest BCUT2D eigenvalue weighted by Crippen LogP contribution is 2.27. The summed E-state index contributed by atoms with van der Waals surface area (Å²) in [7, 11) is 1.53. The van der Waals surface area contributed by atoms with Crippen LogP contribution in [0.15, 0.2) is 42.5 Å². The Kier molecular flexibility index (Phi) is 8.42. The van der Waals surface area contributed by atoms with Crippen LogP contribution < -0.4 is 10.1 Å². The molecule has 150 valence electrons. The average molecular weight is 444 g/mol. The fourth-order valence-corrected chi connectivity index (χ4v) is 3.34. The van der Waals surface area contributed by atoms with E-state index in [-0.39, 0.29) is 25.0 Å². The van der Waals surface area contributed by atoms with Crippen molar-refractivity contribution in [2.75, 3.05) is 13.7 Å².